The van der Waals surface area contributed by atoms with E-state index < -0.39 is 12.2 Å². The standard InChI is InChI=1S/2C13H8NS.C5H12O3.Ir/c2*1-2-7-12-10(5-1)9-13(15-12)11-6-3-4-8-14-11;1-4(7)2-5(8)3-6;/h2*1-8H;4-8H,2-3H2,1H3;/q2*-1;;. The summed E-state index contributed by atoms with van der Waals surface area (Å²) in [6, 6.07) is 35.2. The van der Waals surface area contributed by atoms with Crippen molar-refractivity contribution in [3.63, 3.8) is 0 Å². The fourth-order valence-electron chi connectivity index (χ4n) is 3.53. The molecule has 0 amide bonds. The van der Waals surface area contributed by atoms with Gasteiger partial charge in [0.15, 0.2) is 0 Å². The number of hydrogen-bond donors (Lipinski definition) is 3. The number of nitrogens with zero attached hydrogens (tertiary/aromatic N) is 2. The Morgan fingerprint density at radius 1 is 0.692 bits per heavy atom. The number of aliphatic hydroxyl groups is 3. The van der Waals surface area contributed by atoms with Gasteiger partial charge in [-0.15, -0.1) is 47.2 Å². The average Bonchev–Trinajstić information content (AvgIpc) is 3.59. The third kappa shape index (κ3) is 9.12. The van der Waals surface area contributed by atoms with Crippen LogP contribution in [-0.2, 0) is 20.1 Å². The second-order valence-electron chi connectivity index (χ2n) is 8.46. The molecule has 39 heavy (non-hydrogen) atoms. The second-order valence-corrected chi connectivity index (χ2v) is 10.6. The van der Waals surface area contributed by atoms with Gasteiger partial charge in [0.2, 0.25) is 0 Å². The Balaban J connectivity index is 0.000000168. The topological polar surface area (TPSA) is 86.5 Å². The largest absolute Gasteiger partial charge is 0.394 e. The molecule has 5 nitrogen and oxygen atoms in total. The molecule has 0 bridgehead atoms. The summed E-state index contributed by atoms with van der Waals surface area (Å²) >= 11 is 3.46. The molecule has 203 valence electrons. The molecule has 4 heterocycles. The number of aliphatic hydroxyl groups excluding tert-OH is 3. The predicted molar refractivity (Wildman–Crippen MR) is 157 cm³/mol. The van der Waals surface area contributed by atoms with Gasteiger partial charge in [-0.1, -0.05) is 48.5 Å². The summed E-state index contributed by atoms with van der Waals surface area (Å²) in [5.74, 6) is 0. The molecular weight excluding hydrogens is 705 g/mol. The van der Waals surface area contributed by atoms with Crippen LogP contribution in [0.15, 0.2) is 97.3 Å². The van der Waals surface area contributed by atoms with Gasteiger partial charge in [0.05, 0.1) is 18.8 Å². The second kappa shape index (κ2) is 15.7. The minimum absolute atomic E-state index is 0. The number of aromatic nitrogens is 2. The van der Waals surface area contributed by atoms with Crippen molar-refractivity contribution in [2.24, 2.45) is 0 Å². The van der Waals surface area contributed by atoms with Crippen molar-refractivity contribution in [2.75, 3.05) is 6.61 Å². The average molecular weight is 733 g/mol. The molecule has 0 saturated heterocycles. The zero-order valence-electron chi connectivity index (χ0n) is 21.2. The van der Waals surface area contributed by atoms with E-state index in [0.29, 0.717) is 0 Å². The Morgan fingerprint density at radius 2 is 1.13 bits per heavy atom. The van der Waals surface area contributed by atoms with E-state index in [1.165, 1.54) is 20.2 Å². The van der Waals surface area contributed by atoms with Gasteiger partial charge >= 0.3 is 0 Å². The molecule has 0 spiro atoms. The third-order valence-corrected chi connectivity index (χ3v) is 7.50. The van der Waals surface area contributed by atoms with Gasteiger partial charge in [0.25, 0.3) is 0 Å². The SMILES string of the molecule is CC(O)CC(O)CO.[Ir].[c-]1c(-c2ccccn2)sc2ccccc12.[c-]1c(-c2ccccn2)sc2ccccc12. The molecule has 2 unspecified atom stereocenters. The number of rotatable bonds is 5. The number of benzene rings is 2. The van der Waals surface area contributed by atoms with Crippen LogP contribution in [0, 0.1) is 12.1 Å². The first-order chi connectivity index (χ1) is 18.5. The van der Waals surface area contributed by atoms with Crippen molar-refractivity contribution < 1.29 is 35.4 Å². The van der Waals surface area contributed by atoms with E-state index in [1.54, 1.807) is 29.6 Å². The molecule has 1 radical (unpaired) electrons. The number of fused-ring (bicyclic) bond motifs is 2. The van der Waals surface area contributed by atoms with Gasteiger partial charge in [-0.25, -0.2) is 22.7 Å². The molecule has 2 atom stereocenters. The van der Waals surface area contributed by atoms with Crippen LogP contribution < -0.4 is 0 Å². The maximum atomic E-state index is 8.62. The van der Waals surface area contributed by atoms with Gasteiger partial charge in [-0.05, 0) is 38.2 Å². The van der Waals surface area contributed by atoms with E-state index in [1.807, 2.05) is 60.9 Å². The molecular formula is C31H28IrN2O3S2-2. The Kier molecular flexibility index (Phi) is 12.4. The van der Waals surface area contributed by atoms with Crippen molar-refractivity contribution in [3.05, 3.63) is 109 Å². The zero-order chi connectivity index (χ0) is 26.7. The van der Waals surface area contributed by atoms with Gasteiger partial charge in [-0.2, -0.15) is 0 Å². The predicted octanol–water partition coefficient (Wildman–Crippen LogP) is 6.63. The van der Waals surface area contributed by atoms with E-state index in [4.69, 9.17) is 15.3 Å². The molecule has 4 aromatic heterocycles. The van der Waals surface area contributed by atoms with Crippen LogP contribution >= 0.6 is 22.7 Å². The van der Waals surface area contributed by atoms with E-state index >= 15 is 0 Å². The van der Waals surface area contributed by atoms with Crippen molar-refractivity contribution in [2.45, 2.75) is 25.6 Å². The Hall–Kier alpha value is -2.81. The third-order valence-electron chi connectivity index (χ3n) is 5.31. The van der Waals surface area contributed by atoms with Gasteiger partial charge in [0.1, 0.15) is 0 Å². The van der Waals surface area contributed by atoms with Crippen LogP contribution in [0.3, 0.4) is 0 Å². The first kappa shape index (κ1) is 30.7. The number of pyridine rings is 2. The summed E-state index contributed by atoms with van der Waals surface area (Å²) in [4.78, 5) is 10.9. The molecule has 6 rings (SSSR count). The van der Waals surface area contributed by atoms with Gasteiger partial charge in [0, 0.05) is 50.3 Å². The molecule has 0 aliphatic rings. The normalized spacial score (nSPS) is 11.9. The zero-order valence-corrected chi connectivity index (χ0v) is 25.2. The summed E-state index contributed by atoms with van der Waals surface area (Å²) in [7, 11) is 0. The Labute approximate surface area is 249 Å². The fraction of sp³-hybridized carbons (Fsp3) is 0.161. The van der Waals surface area contributed by atoms with E-state index in [2.05, 4.69) is 58.5 Å². The van der Waals surface area contributed by atoms with Crippen LogP contribution in [0.25, 0.3) is 41.3 Å². The van der Waals surface area contributed by atoms with Gasteiger partial charge < -0.3 is 25.3 Å². The summed E-state index contributed by atoms with van der Waals surface area (Å²) in [6.45, 7) is 1.30. The molecule has 0 fully saturated rings. The van der Waals surface area contributed by atoms with Gasteiger partial charge in [-0.3, -0.25) is 0 Å². The summed E-state index contributed by atoms with van der Waals surface area (Å²) in [5.41, 5.74) is 2.00. The molecule has 8 heteroatoms. The molecule has 0 aliphatic heterocycles. The Morgan fingerprint density at radius 3 is 1.46 bits per heavy atom. The molecule has 3 N–H and O–H groups in total. The first-order valence-electron chi connectivity index (χ1n) is 12.1. The smallest absolute Gasteiger partial charge is 0.0795 e. The minimum atomic E-state index is -0.769. The van der Waals surface area contributed by atoms with Crippen LogP contribution in [0.1, 0.15) is 13.3 Å². The van der Waals surface area contributed by atoms with Crippen LogP contribution in [0.5, 0.6) is 0 Å². The quantitative estimate of drug-likeness (QED) is 0.173. The molecule has 2 aromatic carbocycles. The van der Waals surface area contributed by atoms with E-state index in [-0.39, 0.29) is 33.1 Å². The van der Waals surface area contributed by atoms with E-state index in [0.717, 1.165) is 21.1 Å². The maximum Gasteiger partial charge on any atom is 0.0795 e. The van der Waals surface area contributed by atoms with Crippen molar-refractivity contribution in [3.8, 4) is 21.1 Å². The summed E-state index contributed by atoms with van der Waals surface area (Å²) in [6.07, 6.45) is 2.57. The number of thiophene rings is 2. The van der Waals surface area contributed by atoms with Crippen molar-refractivity contribution in [1.82, 2.24) is 9.97 Å². The molecule has 0 aliphatic carbocycles. The Bertz CT molecular complexity index is 1360. The van der Waals surface area contributed by atoms with E-state index in [9.17, 15) is 0 Å². The summed E-state index contributed by atoms with van der Waals surface area (Å²) in [5, 5.41) is 27.8. The van der Waals surface area contributed by atoms with Crippen molar-refractivity contribution in [1.29, 1.82) is 0 Å². The van der Waals surface area contributed by atoms with Crippen LogP contribution in [0.4, 0.5) is 0 Å². The van der Waals surface area contributed by atoms with Crippen LogP contribution in [0.2, 0.25) is 0 Å². The maximum absolute atomic E-state index is 8.62. The first-order valence-corrected chi connectivity index (χ1v) is 13.8. The summed E-state index contributed by atoms with van der Waals surface area (Å²) < 4.78 is 2.52. The monoisotopic (exact) mass is 733 g/mol. The molecule has 0 saturated carbocycles. The number of hydrogen-bond acceptors (Lipinski definition) is 7. The fourth-order valence-corrected chi connectivity index (χ4v) is 5.49. The minimum Gasteiger partial charge on any atom is -0.394 e. The molecule has 6 aromatic rings. The van der Waals surface area contributed by atoms with Crippen LogP contribution in [-0.4, -0.2) is 44.1 Å². The van der Waals surface area contributed by atoms with Crippen molar-refractivity contribution >= 4 is 42.8 Å².